The van der Waals surface area contributed by atoms with Gasteiger partial charge in [-0.3, -0.25) is 28.8 Å². The van der Waals surface area contributed by atoms with E-state index in [1.165, 1.54) is 36.4 Å². The molecule has 4 aliphatic rings. The number of likely N-dealkylation sites (N-methyl/N-ethyl adjacent to an activating group) is 2. The number of phenols is 4. The number of likely N-dealkylation sites (tertiary alicyclic amines) is 2. The van der Waals surface area contributed by atoms with Crippen molar-refractivity contribution in [2.24, 2.45) is 11.8 Å². The number of aromatic hydroxyl groups is 4. The summed E-state index contributed by atoms with van der Waals surface area (Å²) in [6.07, 6.45) is -0.191. The van der Waals surface area contributed by atoms with Crippen LogP contribution in [-0.2, 0) is 41.6 Å². The zero-order valence-corrected chi connectivity index (χ0v) is 39.9. The van der Waals surface area contributed by atoms with Crippen molar-refractivity contribution in [2.45, 2.75) is 89.5 Å². The van der Waals surface area contributed by atoms with E-state index in [0.29, 0.717) is 63.2 Å². The van der Waals surface area contributed by atoms with Gasteiger partial charge in [0.25, 0.3) is 0 Å². The van der Waals surface area contributed by atoms with E-state index in [-0.39, 0.29) is 97.1 Å². The average Bonchev–Trinajstić information content (AvgIpc) is 3.97. The highest BCUT2D eigenvalue weighted by Gasteiger charge is 2.41. The molecule has 0 spiro atoms. The first-order valence-corrected chi connectivity index (χ1v) is 22.3. The van der Waals surface area contributed by atoms with Gasteiger partial charge in [0.1, 0.15) is 24.3 Å². The van der Waals surface area contributed by atoms with Crippen molar-refractivity contribution >= 4 is 60.0 Å². The molecule has 0 aromatic heterocycles. The van der Waals surface area contributed by atoms with E-state index in [1.54, 1.807) is 23.6 Å². The maximum absolute atomic E-state index is 13.0. The molecule has 4 heterocycles. The van der Waals surface area contributed by atoms with Crippen molar-refractivity contribution < 1.29 is 59.4 Å². The predicted molar refractivity (Wildman–Crippen MR) is 249 cm³/mol. The molecule has 18 nitrogen and oxygen atoms in total. The first kappa shape index (κ1) is 55.6. The fraction of sp³-hybridized carbons (Fsp3) is 0.609. The Kier molecular flexibility index (Phi) is 21.4. The maximum Gasteiger partial charge on any atom is 0.245 e. The number of nitrogens with zero attached hydrogens (tertiary/aromatic N) is 6. The van der Waals surface area contributed by atoms with Gasteiger partial charge in [0.15, 0.2) is 34.6 Å². The van der Waals surface area contributed by atoms with Gasteiger partial charge in [0, 0.05) is 103 Å². The smallest absolute Gasteiger partial charge is 0.245 e. The zero-order valence-electron chi connectivity index (χ0n) is 38.3. The van der Waals surface area contributed by atoms with Gasteiger partial charge in [0.05, 0.1) is 0 Å². The summed E-state index contributed by atoms with van der Waals surface area (Å²) in [7, 11) is 4.04. The number of halogens is 2. The predicted octanol–water partition coefficient (Wildman–Crippen LogP) is 1.57. The number of amides is 4. The molecule has 20 heteroatoms. The molecule has 368 valence electrons. The summed E-state index contributed by atoms with van der Waals surface area (Å²) in [5.74, 6) is -3.96. The van der Waals surface area contributed by atoms with Crippen LogP contribution in [0.3, 0.4) is 0 Å². The minimum Gasteiger partial charge on any atom is -0.504 e. The Hall–Kier alpha value is -4.72. The van der Waals surface area contributed by atoms with Crippen LogP contribution in [0.1, 0.15) is 63.5 Å². The number of carbonyl (C=O) groups excluding carboxylic acids is 6. The second-order valence-electron chi connectivity index (χ2n) is 17.9. The topological polar surface area (TPSA) is 243 Å². The summed E-state index contributed by atoms with van der Waals surface area (Å²) in [6.45, 7) is 10.2. The summed E-state index contributed by atoms with van der Waals surface area (Å²) in [5.41, 5.74) is 0.995. The molecule has 4 amide bonds. The minimum absolute atomic E-state index is 0. The highest BCUT2D eigenvalue weighted by atomic mass is 35.5. The van der Waals surface area contributed by atoms with E-state index >= 15 is 0 Å². The number of aliphatic hydroxyl groups excluding tert-OH is 2. The van der Waals surface area contributed by atoms with Crippen molar-refractivity contribution in [3.05, 3.63) is 47.5 Å². The molecular weight excluding hydrogens is 899 g/mol. The van der Waals surface area contributed by atoms with Crippen molar-refractivity contribution in [2.75, 3.05) is 79.5 Å². The van der Waals surface area contributed by atoms with Crippen LogP contribution in [0, 0.1) is 11.8 Å². The van der Waals surface area contributed by atoms with Gasteiger partial charge in [-0.25, -0.2) is 0 Å². The molecule has 4 fully saturated rings. The third-order valence-electron chi connectivity index (χ3n) is 12.8. The van der Waals surface area contributed by atoms with Gasteiger partial charge in [0.2, 0.25) is 23.6 Å². The molecule has 0 bridgehead atoms. The van der Waals surface area contributed by atoms with Crippen LogP contribution in [0.4, 0.5) is 0 Å². The SMILES string of the molecule is C[C@H](CC(=O)[C@H](O)Cc1ccc(O)c(O)c1)C(=O)N1CCC[C@H]1C(=O)N1CCN(C)CC1.C[C@H](CC(=O)[C@H](O)Cc1ccc(O)c(O)c1)C(=O)N1CCC[C@H]1C(=O)N1CCN(C)CC1.Cl.Cl. The van der Waals surface area contributed by atoms with E-state index in [9.17, 15) is 59.4 Å². The van der Waals surface area contributed by atoms with Gasteiger partial charge >= 0.3 is 0 Å². The Balaban J connectivity index is 0.000000340. The molecular formula is C46H68Cl2N6O12. The molecule has 2 aromatic carbocycles. The van der Waals surface area contributed by atoms with Crippen molar-refractivity contribution in [1.82, 2.24) is 29.4 Å². The third-order valence-corrected chi connectivity index (χ3v) is 12.8. The van der Waals surface area contributed by atoms with Crippen LogP contribution < -0.4 is 0 Å². The molecule has 6 N–H and O–H groups in total. The number of hydrogen-bond donors (Lipinski definition) is 6. The van der Waals surface area contributed by atoms with Crippen LogP contribution in [-0.4, -0.2) is 199 Å². The highest BCUT2D eigenvalue weighted by Crippen LogP contribution is 2.29. The normalized spacial score (nSPS) is 20.8. The molecule has 6 atom stereocenters. The second kappa shape index (κ2) is 25.4. The zero-order chi connectivity index (χ0) is 46.8. The van der Waals surface area contributed by atoms with Gasteiger partial charge in [-0.1, -0.05) is 26.0 Å². The van der Waals surface area contributed by atoms with Gasteiger partial charge in [-0.05, 0) is 75.2 Å². The van der Waals surface area contributed by atoms with Crippen molar-refractivity contribution in [3.63, 3.8) is 0 Å². The summed E-state index contributed by atoms with van der Waals surface area (Å²) in [5, 5.41) is 58.4. The number of Topliss-reactive ketones (excluding diaryl/α,β-unsaturated/α-hetero) is 2. The van der Waals surface area contributed by atoms with Gasteiger partial charge < -0.3 is 60.0 Å². The largest absolute Gasteiger partial charge is 0.504 e. The fourth-order valence-electron chi connectivity index (χ4n) is 8.73. The molecule has 66 heavy (non-hydrogen) atoms. The first-order valence-electron chi connectivity index (χ1n) is 22.3. The Morgan fingerprint density at radius 3 is 1.18 bits per heavy atom. The molecule has 4 aliphatic heterocycles. The average molecular weight is 968 g/mol. The molecule has 0 aliphatic carbocycles. The Labute approximate surface area is 398 Å². The minimum atomic E-state index is -1.32. The highest BCUT2D eigenvalue weighted by molar-refractivity contribution is 5.93. The quantitative estimate of drug-likeness (QED) is 0.147. The number of rotatable bonds is 14. The number of hydrogen-bond acceptors (Lipinski definition) is 14. The number of benzene rings is 2. The number of carbonyl (C=O) groups is 6. The number of piperazine rings is 2. The number of ketones is 2. The lowest BCUT2D eigenvalue weighted by molar-refractivity contribution is -0.147. The molecule has 0 saturated carbocycles. The van der Waals surface area contributed by atoms with Crippen LogP contribution in [0.25, 0.3) is 0 Å². The summed E-state index contributed by atoms with van der Waals surface area (Å²) < 4.78 is 0. The maximum atomic E-state index is 13.0. The van der Waals surface area contributed by atoms with E-state index in [4.69, 9.17) is 0 Å². The lowest BCUT2D eigenvalue weighted by atomic mass is 9.96. The molecule has 2 aromatic rings. The van der Waals surface area contributed by atoms with Crippen molar-refractivity contribution in [3.8, 4) is 23.0 Å². The first-order chi connectivity index (χ1) is 30.3. The van der Waals surface area contributed by atoms with Gasteiger partial charge in [-0.15, -0.1) is 24.8 Å². The molecule has 4 saturated heterocycles. The fourth-order valence-corrected chi connectivity index (χ4v) is 8.73. The molecule has 6 rings (SSSR count). The lowest BCUT2D eigenvalue weighted by Crippen LogP contribution is -2.54. The summed E-state index contributed by atoms with van der Waals surface area (Å²) in [6, 6.07) is 7.23. The van der Waals surface area contributed by atoms with Crippen LogP contribution in [0.5, 0.6) is 23.0 Å². The standard InChI is InChI=1S/2C23H33N3O6.2ClH/c2*1-15(12-19(28)21(30)14-16-5-6-18(27)20(29)13-16)22(31)26-7-3-4-17(26)23(32)25-10-8-24(2)9-11-25;;/h2*5-6,13,15,17,21,27,29-30H,3-4,7-12,14H2,1-2H3;2*1H/t2*15-,17+,21-;;/m11../s1. The van der Waals surface area contributed by atoms with Crippen LogP contribution in [0.15, 0.2) is 36.4 Å². The summed E-state index contributed by atoms with van der Waals surface area (Å²) >= 11 is 0. The van der Waals surface area contributed by atoms with E-state index in [2.05, 4.69) is 9.80 Å². The lowest BCUT2D eigenvalue weighted by Gasteiger charge is -2.36. The van der Waals surface area contributed by atoms with E-state index in [0.717, 1.165) is 39.0 Å². The second-order valence-corrected chi connectivity index (χ2v) is 17.9. The van der Waals surface area contributed by atoms with E-state index < -0.39 is 47.7 Å². The Morgan fingerprint density at radius 1 is 0.530 bits per heavy atom. The number of phenolic OH excluding ortho intramolecular Hbond substituents is 4. The molecule has 0 radical (unpaired) electrons. The van der Waals surface area contributed by atoms with Gasteiger partial charge in [-0.2, -0.15) is 0 Å². The monoisotopic (exact) mass is 966 g/mol. The number of aliphatic hydroxyl groups is 2. The Morgan fingerprint density at radius 2 is 0.864 bits per heavy atom. The van der Waals surface area contributed by atoms with E-state index in [1.807, 2.05) is 23.9 Å². The third kappa shape index (κ3) is 14.6. The van der Waals surface area contributed by atoms with Crippen LogP contribution in [0.2, 0.25) is 0 Å². The van der Waals surface area contributed by atoms with Crippen LogP contribution >= 0.6 is 24.8 Å². The molecule has 0 unspecified atom stereocenters. The van der Waals surface area contributed by atoms with Crippen molar-refractivity contribution in [1.29, 1.82) is 0 Å². The Bertz CT molecular complexity index is 1860. The summed E-state index contributed by atoms with van der Waals surface area (Å²) in [4.78, 5) is 88.3.